The van der Waals surface area contributed by atoms with Crippen molar-refractivity contribution in [3.63, 3.8) is 0 Å². The van der Waals surface area contributed by atoms with Gasteiger partial charge in [0, 0.05) is 16.0 Å². The third-order valence-corrected chi connectivity index (χ3v) is 4.60. The average Bonchev–Trinajstić information content (AvgIpc) is 3.08. The number of anilines is 1. The zero-order valence-corrected chi connectivity index (χ0v) is 15.1. The van der Waals surface area contributed by atoms with Crippen LogP contribution in [0.3, 0.4) is 0 Å². The molecule has 1 amide bonds. The number of benzene rings is 1. The fourth-order valence-electron chi connectivity index (χ4n) is 2.05. The highest BCUT2D eigenvalue weighted by atomic mass is 35.5. The number of thiazole rings is 1. The Morgan fingerprint density at radius 1 is 1.42 bits per heavy atom. The zero-order valence-electron chi connectivity index (χ0n) is 12.8. The van der Waals surface area contributed by atoms with Gasteiger partial charge < -0.3 is 4.74 Å². The van der Waals surface area contributed by atoms with E-state index >= 15 is 0 Å². The van der Waals surface area contributed by atoms with Crippen LogP contribution in [0.2, 0.25) is 10.0 Å². The summed E-state index contributed by atoms with van der Waals surface area (Å²) >= 11 is 13.6. The number of fused-ring (bicyclic) bond motifs is 1. The maximum Gasteiger partial charge on any atom is 0.414 e. The SMILES string of the molecule is CCCCOC(=O)Nc1nc2scc(-c3ccc(Cl)cc3Cl)n2n1. The van der Waals surface area contributed by atoms with Gasteiger partial charge in [0.25, 0.3) is 5.95 Å². The summed E-state index contributed by atoms with van der Waals surface area (Å²) in [4.78, 5) is 16.6. The quantitative estimate of drug-likeness (QED) is 0.620. The number of unbranched alkanes of at least 4 members (excludes halogenated alkanes) is 1. The first-order valence-electron chi connectivity index (χ1n) is 7.32. The molecule has 0 atom stereocenters. The van der Waals surface area contributed by atoms with Crippen LogP contribution < -0.4 is 5.32 Å². The minimum absolute atomic E-state index is 0.190. The van der Waals surface area contributed by atoms with Crippen LogP contribution in [0.25, 0.3) is 16.2 Å². The lowest BCUT2D eigenvalue weighted by atomic mass is 10.2. The number of aromatic nitrogens is 3. The summed E-state index contributed by atoms with van der Waals surface area (Å²) < 4.78 is 6.66. The Balaban J connectivity index is 1.82. The van der Waals surface area contributed by atoms with E-state index in [1.165, 1.54) is 11.3 Å². The monoisotopic (exact) mass is 384 g/mol. The van der Waals surface area contributed by atoms with Crippen LogP contribution in [0.4, 0.5) is 10.7 Å². The molecule has 0 aliphatic rings. The molecule has 0 bridgehead atoms. The van der Waals surface area contributed by atoms with Crippen LogP contribution >= 0.6 is 34.5 Å². The standard InChI is InChI=1S/C15H14Cl2N4O2S/c1-2-3-6-23-15(22)19-13-18-14-21(20-13)12(8-24-14)10-5-4-9(16)7-11(10)17/h4-5,7-8H,2-3,6H2,1H3,(H,19,20,22). The molecule has 9 heteroatoms. The topological polar surface area (TPSA) is 68.5 Å². The number of halogens is 2. The van der Waals surface area contributed by atoms with Gasteiger partial charge >= 0.3 is 6.09 Å². The van der Waals surface area contributed by atoms with Gasteiger partial charge in [0.1, 0.15) is 0 Å². The van der Waals surface area contributed by atoms with Crippen molar-refractivity contribution in [1.82, 2.24) is 14.6 Å². The van der Waals surface area contributed by atoms with Crippen LogP contribution in [0.15, 0.2) is 23.6 Å². The van der Waals surface area contributed by atoms with Gasteiger partial charge in [0.15, 0.2) is 0 Å². The Morgan fingerprint density at radius 2 is 2.25 bits per heavy atom. The van der Waals surface area contributed by atoms with Gasteiger partial charge in [0.2, 0.25) is 4.96 Å². The van der Waals surface area contributed by atoms with Gasteiger partial charge in [-0.1, -0.05) is 36.5 Å². The Bertz CT molecular complexity index is 878. The molecule has 0 radical (unpaired) electrons. The second-order valence-electron chi connectivity index (χ2n) is 4.99. The number of hydrogen-bond acceptors (Lipinski definition) is 5. The maximum atomic E-state index is 11.7. The van der Waals surface area contributed by atoms with Gasteiger partial charge in [0.05, 0.1) is 17.3 Å². The van der Waals surface area contributed by atoms with Crippen LogP contribution in [-0.4, -0.2) is 27.3 Å². The first-order chi connectivity index (χ1) is 11.6. The van der Waals surface area contributed by atoms with Gasteiger partial charge in [-0.3, -0.25) is 5.32 Å². The summed E-state index contributed by atoms with van der Waals surface area (Å²) in [6, 6.07) is 5.25. The molecule has 0 aliphatic heterocycles. The van der Waals surface area contributed by atoms with Gasteiger partial charge in [-0.15, -0.1) is 16.4 Å². The second-order valence-corrected chi connectivity index (χ2v) is 6.67. The molecule has 1 N–H and O–H groups in total. The van der Waals surface area contributed by atoms with Crippen LogP contribution in [0.1, 0.15) is 19.8 Å². The van der Waals surface area contributed by atoms with Crippen LogP contribution in [-0.2, 0) is 4.74 Å². The summed E-state index contributed by atoms with van der Waals surface area (Å²) in [5, 5.41) is 9.80. The van der Waals surface area contributed by atoms with Crippen molar-refractivity contribution < 1.29 is 9.53 Å². The molecule has 126 valence electrons. The van der Waals surface area contributed by atoms with E-state index in [4.69, 9.17) is 27.9 Å². The Kier molecular flexibility index (Phi) is 5.23. The van der Waals surface area contributed by atoms with Crippen LogP contribution in [0.5, 0.6) is 0 Å². The number of carbonyl (C=O) groups is 1. The molecule has 0 aliphatic carbocycles. The molecule has 0 saturated carbocycles. The van der Waals surface area contributed by atoms with Crippen molar-refractivity contribution in [1.29, 1.82) is 0 Å². The van der Waals surface area contributed by atoms with E-state index in [-0.39, 0.29) is 5.95 Å². The highest BCUT2D eigenvalue weighted by Crippen LogP contribution is 2.32. The predicted octanol–water partition coefficient (Wildman–Crippen LogP) is 5.11. The van der Waals surface area contributed by atoms with E-state index in [0.29, 0.717) is 21.6 Å². The third-order valence-electron chi connectivity index (χ3n) is 3.23. The number of ether oxygens (including phenoxy) is 1. The highest BCUT2D eigenvalue weighted by Gasteiger charge is 2.15. The second kappa shape index (κ2) is 7.38. The molecule has 1 aromatic carbocycles. The molecular formula is C15H14Cl2N4O2S. The number of amides is 1. The summed E-state index contributed by atoms with van der Waals surface area (Å²) in [6.45, 7) is 2.39. The Labute approximate surface area is 152 Å². The molecule has 0 spiro atoms. The fourth-order valence-corrected chi connectivity index (χ4v) is 3.38. The molecule has 6 nitrogen and oxygen atoms in total. The molecule has 3 aromatic rings. The van der Waals surface area contributed by atoms with E-state index in [1.54, 1.807) is 16.6 Å². The first kappa shape index (κ1) is 17.0. The van der Waals surface area contributed by atoms with E-state index < -0.39 is 6.09 Å². The van der Waals surface area contributed by atoms with E-state index in [2.05, 4.69) is 15.4 Å². The minimum Gasteiger partial charge on any atom is -0.449 e. The Morgan fingerprint density at radius 3 is 3.00 bits per heavy atom. The molecule has 0 fully saturated rings. The molecule has 24 heavy (non-hydrogen) atoms. The molecule has 2 aromatic heterocycles. The highest BCUT2D eigenvalue weighted by molar-refractivity contribution is 7.15. The number of carbonyl (C=O) groups excluding carboxylic acids is 1. The summed E-state index contributed by atoms with van der Waals surface area (Å²) in [5.41, 5.74) is 1.56. The largest absolute Gasteiger partial charge is 0.449 e. The lowest BCUT2D eigenvalue weighted by molar-refractivity contribution is 0.159. The first-order valence-corrected chi connectivity index (χ1v) is 8.95. The minimum atomic E-state index is -0.562. The fraction of sp³-hybridized carbons (Fsp3) is 0.267. The smallest absolute Gasteiger partial charge is 0.414 e. The molecular weight excluding hydrogens is 371 g/mol. The number of nitrogens with zero attached hydrogens (tertiary/aromatic N) is 3. The van der Waals surface area contributed by atoms with Crippen molar-refractivity contribution in [2.45, 2.75) is 19.8 Å². The third kappa shape index (κ3) is 3.63. The zero-order chi connectivity index (χ0) is 17.1. The number of rotatable bonds is 5. The van der Waals surface area contributed by atoms with Crippen LogP contribution in [0, 0.1) is 0 Å². The van der Waals surface area contributed by atoms with E-state index in [1.807, 2.05) is 18.4 Å². The molecule has 0 unspecified atom stereocenters. The van der Waals surface area contributed by atoms with Gasteiger partial charge in [-0.2, -0.15) is 4.98 Å². The van der Waals surface area contributed by atoms with Gasteiger partial charge in [-0.25, -0.2) is 9.31 Å². The Hall–Kier alpha value is -1.83. The van der Waals surface area contributed by atoms with Crippen molar-refractivity contribution in [2.24, 2.45) is 0 Å². The summed E-state index contributed by atoms with van der Waals surface area (Å²) in [7, 11) is 0. The predicted molar refractivity (Wildman–Crippen MR) is 96.2 cm³/mol. The average molecular weight is 385 g/mol. The molecule has 0 saturated heterocycles. The number of hydrogen-bond donors (Lipinski definition) is 1. The maximum absolute atomic E-state index is 11.7. The lowest BCUT2D eigenvalue weighted by Gasteiger charge is -2.03. The summed E-state index contributed by atoms with van der Waals surface area (Å²) in [5.74, 6) is 0.190. The van der Waals surface area contributed by atoms with Crippen molar-refractivity contribution in [2.75, 3.05) is 11.9 Å². The van der Waals surface area contributed by atoms with Crippen molar-refractivity contribution >= 4 is 51.5 Å². The van der Waals surface area contributed by atoms with Gasteiger partial charge in [-0.05, 0) is 24.6 Å². The number of nitrogens with one attached hydrogen (secondary N) is 1. The normalized spacial score (nSPS) is 11.0. The summed E-state index contributed by atoms with van der Waals surface area (Å²) in [6.07, 6.45) is 1.21. The van der Waals surface area contributed by atoms with E-state index in [9.17, 15) is 4.79 Å². The van der Waals surface area contributed by atoms with E-state index in [0.717, 1.165) is 24.1 Å². The lowest BCUT2D eigenvalue weighted by Crippen LogP contribution is -2.15. The molecule has 3 rings (SSSR count). The van der Waals surface area contributed by atoms with Crippen molar-refractivity contribution in [3.8, 4) is 11.3 Å². The molecule has 2 heterocycles. The van der Waals surface area contributed by atoms with Crippen molar-refractivity contribution in [3.05, 3.63) is 33.6 Å².